The van der Waals surface area contributed by atoms with Gasteiger partial charge in [-0.15, -0.1) is 0 Å². The molecule has 1 fully saturated rings. The van der Waals surface area contributed by atoms with Gasteiger partial charge in [-0.1, -0.05) is 42.5 Å². The lowest BCUT2D eigenvalue weighted by molar-refractivity contribution is -0.0948. The van der Waals surface area contributed by atoms with Gasteiger partial charge in [0, 0.05) is 44.3 Å². The topological polar surface area (TPSA) is 114 Å². The molecule has 1 aliphatic rings. The average molecular weight is 521 g/mol. The second-order valence-corrected chi connectivity index (χ2v) is 10.4. The van der Waals surface area contributed by atoms with Gasteiger partial charge in [-0.3, -0.25) is 0 Å². The molecule has 1 saturated heterocycles. The molecule has 0 bridgehead atoms. The number of methoxy groups -OCH3 is 1. The minimum Gasteiger partial charge on any atom is -0.484 e. The van der Waals surface area contributed by atoms with E-state index in [4.69, 9.17) is 28.8 Å². The van der Waals surface area contributed by atoms with E-state index in [1.54, 1.807) is 19.2 Å². The van der Waals surface area contributed by atoms with Crippen LogP contribution in [0.4, 0.5) is 0 Å². The number of nitrogens with two attached hydrogens (primary N) is 1. The number of sulfonamides is 1. The quantitative estimate of drug-likeness (QED) is 0.352. The van der Waals surface area contributed by atoms with E-state index < -0.39 is 15.6 Å². The van der Waals surface area contributed by atoms with Gasteiger partial charge in [0.2, 0.25) is 15.9 Å². The number of nitrogens with zero attached hydrogens (tertiary/aromatic N) is 1. The average Bonchev–Trinajstić information content (AvgIpc) is 3.37. The molecule has 0 radical (unpaired) electrons. The van der Waals surface area contributed by atoms with Crippen LogP contribution >= 0.6 is 0 Å². The Balaban J connectivity index is 1.42. The van der Waals surface area contributed by atoms with Crippen LogP contribution in [-0.4, -0.2) is 33.7 Å². The van der Waals surface area contributed by atoms with Crippen molar-refractivity contribution in [3.8, 4) is 28.3 Å². The van der Waals surface area contributed by atoms with Crippen LogP contribution in [0.2, 0.25) is 0 Å². The smallest absolute Gasteiger partial charge is 0.238 e. The molecular weight excluding hydrogens is 492 g/mol. The molecule has 0 atom stereocenters. The van der Waals surface area contributed by atoms with Crippen molar-refractivity contribution in [1.29, 1.82) is 0 Å². The third-order valence-corrected chi connectivity index (χ3v) is 7.51. The summed E-state index contributed by atoms with van der Waals surface area (Å²) in [5, 5.41) is 5.25. The molecule has 9 heteroatoms. The first-order valence-corrected chi connectivity index (χ1v) is 13.5. The number of hydrogen-bond donors (Lipinski definition) is 1. The summed E-state index contributed by atoms with van der Waals surface area (Å²) in [5.74, 6) is 1.58. The Bertz CT molecular complexity index is 1460. The van der Waals surface area contributed by atoms with Crippen molar-refractivity contribution < 1.29 is 27.0 Å². The Labute approximate surface area is 216 Å². The summed E-state index contributed by atoms with van der Waals surface area (Å²) in [5.41, 5.74) is 2.83. The Morgan fingerprint density at radius 2 is 1.68 bits per heavy atom. The van der Waals surface area contributed by atoms with Crippen LogP contribution in [0.15, 0.2) is 88.2 Å². The second kappa shape index (κ2) is 10.5. The van der Waals surface area contributed by atoms with Crippen LogP contribution in [-0.2, 0) is 31.7 Å². The number of rotatable bonds is 8. The van der Waals surface area contributed by atoms with Crippen LogP contribution in [0.5, 0.6) is 5.75 Å². The highest BCUT2D eigenvalue weighted by atomic mass is 32.2. The third-order valence-electron chi connectivity index (χ3n) is 6.58. The Hall–Kier alpha value is -3.50. The molecule has 0 saturated carbocycles. The fraction of sp³-hybridized carbons (Fsp3) is 0.250. The van der Waals surface area contributed by atoms with Gasteiger partial charge in [-0.25, -0.2) is 18.5 Å². The lowest BCUT2D eigenvalue weighted by atomic mass is 9.86. The van der Waals surface area contributed by atoms with Crippen molar-refractivity contribution in [3.63, 3.8) is 0 Å². The summed E-state index contributed by atoms with van der Waals surface area (Å²) in [6.45, 7) is 1.42. The molecule has 192 valence electrons. The molecule has 0 amide bonds. The molecule has 37 heavy (non-hydrogen) atoms. The Kier molecular flexibility index (Phi) is 7.12. The van der Waals surface area contributed by atoms with Crippen molar-refractivity contribution in [3.05, 3.63) is 90.3 Å². The molecule has 0 unspecified atom stereocenters. The first-order chi connectivity index (χ1) is 17.9. The summed E-state index contributed by atoms with van der Waals surface area (Å²) in [6.07, 6.45) is 1.56. The minimum absolute atomic E-state index is 0.0267. The minimum atomic E-state index is -3.80. The summed E-state index contributed by atoms with van der Waals surface area (Å²) in [7, 11) is -2.07. The first-order valence-electron chi connectivity index (χ1n) is 11.9. The van der Waals surface area contributed by atoms with Crippen molar-refractivity contribution >= 4 is 10.0 Å². The van der Waals surface area contributed by atoms with Gasteiger partial charge in [-0.05, 0) is 42.0 Å². The van der Waals surface area contributed by atoms with E-state index in [-0.39, 0.29) is 11.5 Å². The number of benzene rings is 3. The maximum atomic E-state index is 11.7. The van der Waals surface area contributed by atoms with Crippen molar-refractivity contribution in [2.45, 2.75) is 29.9 Å². The number of ether oxygens (including phenoxy) is 3. The van der Waals surface area contributed by atoms with Gasteiger partial charge in [-0.2, -0.15) is 0 Å². The predicted octanol–water partition coefficient (Wildman–Crippen LogP) is 4.89. The highest BCUT2D eigenvalue weighted by molar-refractivity contribution is 7.89. The maximum Gasteiger partial charge on any atom is 0.238 e. The van der Waals surface area contributed by atoms with Gasteiger partial charge in [0.15, 0.2) is 12.4 Å². The highest BCUT2D eigenvalue weighted by Crippen LogP contribution is 2.37. The van der Waals surface area contributed by atoms with Crippen molar-refractivity contribution in [1.82, 2.24) is 4.98 Å². The lowest BCUT2D eigenvalue weighted by Gasteiger charge is -2.36. The van der Waals surface area contributed by atoms with E-state index in [0.717, 1.165) is 24.0 Å². The second-order valence-electron chi connectivity index (χ2n) is 8.85. The van der Waals surface area contributed by atoms with E-state index >= 15 is 0 Å². The fourth-order valence-corrected chi connectivity index (χ4v) is 5.05. The molecule has 1 aromatic heterocycles. The van der Waals surface area contributed by atoms with Gasteiger partial charge in [0.1, 0.15) is 11.4 Å². The molecule has 0 spiro atoms. The van der Waals surface area contributed by atoms with Gasteiger partial charge in [0.05, 0.1) is 10.5 Å². The van der Waals surface area contributed by atoms with E-state index in [1.165, 1.54) is 12.1 Å². The number of oxazole rings is 1. The third kappa shape index (κ3) is 5.45. The molecule has 5 rings (SSSR count). The van der Waals surface area contributed by atoms with Gasteiger partial charge < -0.3 is 18.6 Å². The Morgan fingerprint density at radius 1 is 0.946 bits per heavy atom. The molecule has 8 nitrogen and oxygen atoms in total. The Morgan fingerprint density at radius 3 is 2.35 bits per heavy atom. The normalized spacial score (nSPS) is 15.4. The number of primary sulfonamides is 1. The standard InChI is InChI=1S/C28H28N2O6S/c1-33-28(14-16-34-17-15-28)22-8-5-9-23(18-22)35-19-25-30-26(20-6-3-2-4-7-20)27(36-25)21-10-12-24(13-11-21)37(29,31)32/h2-13,18H,14-17,19H2,1H3,(H2,29,31,32). The lowest BCUT2D eigenvalue weighted by Crippen LogP contribution is -2.35. The van der Waals surface area contributed by atoms with Crippen LogP contribution in [0.3, 0.4) is 0 Å². The van der Waals surface area contributed by atoms with Crippen LogP contribution in [0.25, 0.3) is 22.6 Å². The predicted molar refractivity (Wildman–Crippen MR) is 138 cm³/mol. The molecule has 0 aliphatic carbocycles. The van der Waals surface area contributed by atoms with Gasteiger partial charge in [0.25, 0.3) is 0 Å². The van der Waals surface area contributed by atoms with E-state index in [9.17, 15) is 8.42 Å². The number of aromatic nitrogens is 1. The highest BCUT2D eigenvalue weighted by Gasteiger charge is 2.34. The van der Waals surface area contributed by atoms with Crippen molar-refractivity contribution in [2.24, 2.45) is 5.14 Å². The molecule has 2 heterocycles. The van der Waals surface area contributed by atoms with E-state index in [2.05, 4.69) is 0 Å². The summed E-state index contributed by atoms with van der Waals surface area (Å²) in [6, 6.07) is 23.7. The summed E-state index contributed by atoms with van der Waals surface area (Å²) in [4.78, 5) is 4.74. The zero-order valence-electron chi connectivity index (χ0n) is 20.4. The molecular formula is C28H28N2O6S. The fourth-order valence-electron chi connectivity index (χ4n) is 4.54. The van der Waals surface area contributed by atoms with E-state index in [0.29, 0.717) is 41.9 Å². The van der Waals surface area contributed by atoms with Crippen LogP contribution in [0.1, 0.15) is 24.3 Å². The van der Waals surface area contributed by atoms with Crippen LogP contribution in [0, 0.1) is 0 Å². The zero-order chi connectivity index (χ0) is 25.9. The molecule has 1 aliphatic heterocycles. The monoisotopic (exact) mass is 520 g/mol. The van der Waals surface area contributed by atoms with Crippen LogP contribution < -0.4 is 9.88 Å². The first kappa shape index (κ1) is 25.2. The molecule has 3 aromatic carbocycles. The molecule has 2 N–H and O–H groups in total. The SMILES string of the molecule is COC1(c2cccc(OCc3nc(-c4ccccc4)c(-c4ccc(S(N)(=O)=O)cc4)o3)c2)CCOCC1. The summed E-state index contributed by atoms with van der Waals surface area (Å²) < 4.78 is 47.0. The largest absolute Gasteiger partial charge is 0.484 e. The maximum absolute atomic E-state index is 11.7. The summed E-state index contributed by atoms with van der Waals surface area (Å²) >= 11 is 0. The van der Waals surface area contributed by atoms with Crippen molar-refractivity contribution in [2.75, 3.05) is 20.3 Å². The zero-order valence-corrected chi connectivity index (χ0v) is 21.2. The molecule has 4 aromatic rings. The van der Waals surface area contributed by atoms with E-state index in [1.807, 2.05) is 54.6 Å². The van der Waals surface area contributed by atoms with Gasteiger partial charge >= 0.3 is 0 Å². The number of hydrogen-bond acceptors (Lipinski definition) is 7.